The third-order valence-electron chi connectivity index (χ3n) is 3.37. The number of benzene rings is 1. The molecule has 0 aromatic heterocycles. The monoisotopic (exact) mass is 298 g/mol. The van der Waals surface area contributed by atoms with Crippen LogP contribution >= 0.6 is 15.9 Å². The van der Waals surface area contributed by atoms with Crippen molar-refractivity contribution >= 4 is 21.6 Å². The quantitative estimate of drug-likeness (QED) is 0.887. The molecule has 2 nitrogen and oxygen atoms in total. The molecular weight excluding hydrogens is 276 g/mol. The van der Waals surface area contributed by atoms with Crippen LogP contribution in [-0.2, 0) is 0 Å². The maximum Gasteiger partial charge on any atom is 0.0377 e. The molecule has 0 spiro atoms. The highest BCUT2D eigenvalue weighted by atomic mass is 79.9. The normalized spacial score (nSPS) is 12.9. The van der Waals surface area contributed by atoms with Crippen LogP contribution in [0.15, 0.2) is 22.7 Å². The third kappa shape index (κ3) is 3.46. The number of hydrogen-bond acceptors (Lipinski definition) is 2. The Morgan fingerprint density at radius 2 is 1.88 bits per heavy atom. The Labute approximate surface area is 113 Å². The summed E-state index contributed by atoms with van der Waals surface area (Å²) in [5.74, 6) is 0. The van der Waals surface area contributed by atoms with Crippen molar-refractivity contribution in [2.24, 2.45) is 5.73 Å². The average molecular weight is 299 g/mol. The molecule has 1 unspecified atom stereocenters. The predicted molar refractivity (Wildman–Crippen MR) is 79.5 cm³/mol. The molecule has 0 aliphatic rings. The molecule has 0 aliphatic carbocycles. The van der Waals surface area contributed by atoms with E-state index in [9.17, 15) is 0 Å². The summed E-state index contributed by atoms with van der Waals surface area (Å²) in [5.41, 5.74) is 8.31. The van der Waals surface area contributed by atoms with Crippen LogP contribution in [0.1, 0.15) is 45.2 Å². The van der Waals surface area contributed by atoms with E-state index < -0.39 is 0 Å². The van der Waals surface area contributed by atoms with Gasteiger partial charge >= 0.3 is 0 Å². The largest absolute Gasteiger partial charge is 0.372 e. The van der Waals surface area contributed by atoms with Crippen LogP contribution in [0, 0.1) is 0 Å². The van der Waals surface area contributed by atoms with E-state index in [-0.39, 0.29) is 6.04 Å². The van der Waals surface area contributed by atoms with E-state index in [1.165, 1.54) is 18.5 Å². The van der Waals surface area contributed by atoms with Gasteiger partial charge in [0.05, 0.1) is 0 Å². The molecule has 2 N–H and O–H groups in total. The van der Waals surface area contributed by atoms with Gasteiger partial charge in [0.1, 0.15) is 0 Å². The van der Waals surface area contributed by atoms with Gasteiger partial charge in [0.15, 0.2) is 0 Å². The Balaban J connectivity index is 2.96. The fraction of sp³-hybridized carbons (Fsp3) is 0.571. The first-order chi connectivity index (χ1) is 8.01. The van der Waals surface area contributed by atoms with E-state index in [1.807, 2.05) is 6.92 Å². The first-order valence-electron chi connectivity index (χ1n) is 6.29. The van der Waals surface area contributed by atoms with Crippen LogP contribution in [0.2, 0.25) is 0 Å². The topological polar surface area (TPSA) is 29.3 Å². The van der Waals surface area contributed by atoms with Crippen molar-refractivity contribution in [1.82, 2.24) is 0 Å². The van der Waals surface area contributed by atoms with Gasteiger partial charge in [-0.05, 0) is 37.5 Å². The van der Waals surface area contributed by atoms with Crippen LogP contribution in [0.5, 0.6) is 0 Å². The predicted octanol–water partition coefficient (Wildman–Crippen LogP) is 4.09. The minimum absolute atomic E-state index is 0.0666. The summed E-state index contributed by atoms with van der Waals surface area (Å²) in [6, 6.07) is 7.10. The van der Waals surface area contributed by atoms with E-state index in [0.29, 0.717) is 6.04 Å². The molecule has 1 aromatic rings. The van der Waals surface area contributed by atoms with Crippen molar-refractivity contribution in [3.63, 3.8) is 0 Å². The van der Waals surface area contributed by atoms with Crippen molar-refractivity contribution in [3.8, 4) is 0 Å². The molecule has 0 saturated carbocycles. The second kappa shape index (κ2) is 6.41. The summed E-state index contributed by atoms with van der Waals surface area (Å²) >= 11 is 3.60. The Hall–Kier alpha value is -0.540. The zero-order valence-corrected chi connectivity index (χ0v) is 12.8. The third-order valence-corrected chi connectivity index (χ3v) is 4.06. The highest BCUT2D eigenvalue weighted by Gasteiger charge is 2.13. The average Bonchev–Trinajstić information content (AvgIpc) is 2.29. The zero-order chi connectivity index (χ0) is 13.0. The van der Waals surface area contributed by atoms with Gasteiger partial charge in [-0.3, -0.25) is 0 Å². The summed E-state index contributed by atoms with van der Waals surface area (Å²) in [4.78, 5) is 2.34. The van der Waals surface area contributed by atoms with Gasteiger partial charge in [-0.1, -0.05) is 35.8 Å². The van der Waals surface area contributed by atoms with Gasteiger partial charge in [-0.25, -0.2) is 0 Å². The highest BCUT2D eigenvalue weighted by Crippen LogP contribution is 2.28. The maximum absolute atomic E-state index is 5.91. The minimum atomic E-state index is 0.0666. The molecule has 0 amide bonds. The molecule has 17 heavy (non-hydrogen) atoms. The van der Waals surface area contributed by atoms with Crippen molar-refractivity contribution in [2.75, 3.05) is 11.9 Å². The first kappa shape index (κ1) is 14.5. The van der Waals surface area contributed by atoms with Gasteiger partial charge < -0.3 is 10.6 Å². The van der Waals surface area contributed by atoms with Gasteiger partial charge in [0, 0.05) is 29.3 Å². The van der Waals surface area contributed by atoms with Gasteiger partial charge in [-0.2, -0.15) is 0 Å². The fourth-order valence-corrected chi connectivity index (χ4v) is 2.88. The summed E-state index contributed by atoms with van der Waals surface area (Å²) < 4.78 is 1.10. The molecule has 1 rings (SSSR count). The summed E-state index contributed by atoms with van der Waals surface area (Å²) in [6.45, 7) is 6.47. The summed E-state index contributed by atoms with van der Waals surface area (Å²) in [5, 5.41) is 0. The van der Waals surface area contributed by atoms with E-state index in [1.54, 1.807) is 0 Å². The van der Waals surface area contributed by atoms with Crippen LogP contribution in [0.4, 0.5) is 5.69 Å². The highest BCUT2D eigenvalue weighted by molar-refractivity contribution is 9.10. The standard InChI is InChI=1S/C14H23BrN2/c1-5-11(6-2)17(4)12-7-8-13(10(3)16)14(15)9-12/h7-11H,5-6,16H2,1-4H3. The molecule has 3 heteroatoms. The number of nitrogens with zero attached hydrogens (tertiary/aromatic N) is 1. The van der Waals surface area contributed by atoms with Crippen LogP contribution in [0.3, 0.4) is 0 Å². The van der Waals surface area contributed by atoms with Gasteiger partial charge in [0.25, 0.3) is 0 Å². The molecule has 0 fully saturated rings. The summed E-state index contributed by atoms with van der Waals surface area (Å²) in [6.07, 6.45) is 2.33. The maximum atomic E-state index is 5.91. The van der Waals surface area contributed by atoms with Crippen molar-refractivity contribution in [2.45, 2.75) is 45.7 Å². The number of anilines is 1. The molecule has 1 atom stereocenters. The van der Waals surface area contributed by atoms with E-state index in [0.717, 1.165) is 10.0 Å². The van der Waals surface area contributed by atoms with Crippen molar-refractivity contribution < 1.29 is 0 Å². The summed E-state index contributed by atoms with van der Waals surface area (Å²) in [7, 11) is 2.16. The fourth-order valence-electron chi connectivity index (χ4n) is 2.15. The van der Waals surface area contributed by atoms with E-state index in [2.05, 4.69) is 59.9 Å². The lowest BCUT2D eigenvalue weighted by molar-refractivity contribution is 0.591. The van der Waals surface area contributed by atoms with Crippen LogP contribution in [0.25, 0.3) is 0 Å². The van der Waals surface area contributed by atoms with Gasteiger partial charge in [0.2, 0.25) is 0 Å². The lowest BCUT2D eigenvalue weighted by Crippen LogP contribution is -2.30. The first-order valence-corrected chi connectivity index (χ1v) is 7.08. The number of halogens is 1. The van der Waals surface area contributed by atoms with Crippen LogP contribution < -0.4 is 10.6 Å². The Morgan fingerprint density at radius 1 is 1.29 bits per heavy atom. The number of hydrogen-bond donors (Lipinski definition) is 1. The molecule has 0 heterocycles. The number of rotatable bonds is 5. The molecule has 1 aromatic carbocycles. The van der Waals surface area contributed by atoms with Crippen molar-refractivity contribution in [3.05, 3.63) is 28.2 Å². The van der Waals surface area contributed by atoms with Crippen LogP contribution in [-0.4, -0.2) is 13.1 Å². The second-order valence-corrected chi connectivity index (χ2v) is 5.43. The van der Waals surface area contributed by atoms with E-state index >= 15 is 0 Å². The molecular formula is C14H23BrN2. The minimum Gasteiger partial charge on any atom is -0.372 e. The lowest BCUT2D eigenvalue weighted by atomic mass is 10.1. The Kier molecular flexibility index (Phi) is 5.47. The smallest absolute Gasteiger partial charge is 0.0377 e. The molecule has 0 saturated heterocycles. The van der Waals surface area contributed by atoms with E-state index in [4.69, 9.17) is 5.73 Å². The lowest BCUT2D eigenvalue weighted by Gasteiger charge is -2.29. The Morgan fingerprint density at radius 3 is 2.29 bits per heavy atom. The molecule has 0 aliphatic heterocycles. The Bertz CT molecular complexity index is 359. The molecule has 96 valence electrons. The zero-order valence-electron chi connectivity index (χ0n) is 11.2. The molecule has 0 bridgehead atoms. The molecule has 0 radical (unpaired) electrons. The number of nitrogens with two attached hydrogens (primary N) is 1. The second-order valence-electron chi connectivity index (χ2n) is 4.58. The SMILES string of the molecule is CCC(CC)N(C)c1ccc(C(C)N)c(Br)c1. The van der Waals surface area contributed by atoms with Crippen molar-refractivity contribution in [1.29, 1.82) is 0 Å². The van der Waals surface area contributed by atoms with Gasteiger partial charge in [-0.15, -0.1) is 0 Å².